The van der Waals surface area contributed by atoms with Crippen molar-refractivity contribution in [3.05, 3.63) is 91.1 Å². The van der Waals surface area contributed by atoms with Crippen molar-refractivity contribution in [1.82, 2.24) is 0 Å². The van der Waals surface area contributed by atoms with E-state index in [-0.39, 0.29) is 36.1 Å². The number of hydrogen-bond acceptors (Lipinski definition) is 5. The fourth-order valence-corrected chi connectivity index (χ4v) is 4.11. The smallest absolute Gasteiger partial charge is 0.340 e. The van der Waals surface area contributed by atoms with Crippen molar-refractivity contribution in [3.8, 4) is 0 Å². The maximum Gasteiger partial charge on any atom is 0.340 e. The molecule has 0 saturated carbocycles. The lowest BCUT2D eigenvalue weighted by Crippen LogP contribution is -2.15. The molecular weight excluding hydrogens is 464 g/mol. The van der Waals surface area contributed by atoms with Gasteiger partial charge in [0.25, 0.3) is 0 Å². The Labute approximate surface area is 219 Å². The van der Waals surface area contributed by atoms with Gasteiger partial charge in [0, 0.05) is 28.8 Å². The molecule has 4 rings (SSSR count). The first-order valence-corrected chi connectivity index (χ1v) is 12.2. The Balaban J connectivity index is 0.000000259. The molecule has 0 aliphatic rings. The Morgan fingerprint density at radius 3 is 1.73 bits per heavy atom. The van der Waals surface area contributed by atoms with E-state index in [2.05, 4.69) is 47.6 Å². The van der Waals surface area contributed by atoms with Crippen LogP contribution in [0.1, 0.15) is 83.7 Å². The second kappa shape index (κ2) is 10.9. The molecule has 5 nitrogen and oxygen atoms in total. The van der Waals surface area contributed by atoms with Gasteiger partial charge in [0.15, 0.2) is 0 Å². The number of rotatable bonds is 2. The van der Waals surface area contributed by atoms with Crippen molar-refractivity contribution in [2.24, 2.45) is 0 Å². The topological polar surface area (TPSA) is 77.5 Å². The zero-order chi connectivity index (χ0) is 27.0. The summed E-state index contributed by atoms with van der Waals surface area (Å²) in [4.78, 5) is 34.6. The fraction of sp³-hybridized carbons (Fsp3) is 0.406. The zero-order valence-corrected chi connectivity index (χ0v) is 22.8. The normalized spacial score (nSPS) is 11.6. The predicted octanol–water partition coefficient (Wildman–Crippen LogP) is 7.57. The highest BCUT2D eigenvalue weighted by Crippen LogP contribution is 2.28. The third-order valence-electron chi connectivity index (χ3n) is 6.40. The molecule has 2 heterocycles. The summed E-state index contributed by atoms with van der Waals surface area (Å²) in [5.74, 6) is -0.0361. The molecule has 0 saturated heterocycles. The molecule has 0 radical (unpaired) electrons. The van der Waals surface area contributed by atoms with Crippen molar-refractivity contribution in [2.75, 3.05) is 0 Å². The molecule has 0 atom stereocenters. The summed E-state index contributed by atoms with van der Waals surface area (Å²) in [6, 6.07) is 13.5. The van der Waals surface area contributed by atoms with E-state index >= 15 is 0 Å². The number of carbonyl (C=O) groups is 1. The molecule has 0 amide bonds. The van der Waals surface area contributed by atoms with Gasteiger partial charge in [0.05, 0.1) is 0 Å². The molecule has 198 valence electrons. The minimum atomic E-state index is -0.406. The molecule has 5 heteroatoms. The first kappa shape index (κ1) is 29.8. The molecule has 0 fully saturated rings. The van der Waals surface area contributed by atoms with E-state index in [1.165, 1.54) is 18.6 Å². The monoisotopic (exact) mass is 504 g/mol. The van der Waals surface area contributed by atoms with Gasteiger partial charge in [-0.05, 0) is 66.0 Å². The van der Waals surface area contributed by atoms with Crippen LogP contribution in [-0.2, 0) is 22.0 Å². The van der Waals surface area contributed by atoms with Crippen molar-refractivity contribution in [1.29, 1.82) is 0 Å². The number of Topliss-reactive ketones (excluding diaryl/α,β-unsaturated/α-hetero) is 1. The van der Waals surface area contributed by atoms with Crippen LogP contribution in [0.15, 0.2) is 60.9 Å². The minimum absolute atomic E-state index is 0. The average molecular weight is 505 g/mol. The van der Waals surface area contributed by atoms with Gasteiger partial charge in [-0.1, -0.05) is 73.2 Å². The Bertz CT molecular complexity index is 1550. The molecule has 2 aromatic carbocycles. The highest BCUT2D eigenvalue weighted by Gasteiger charge is 2.18. The zero-order valence-electron chi connectivity index (χ0n) is 22.8. The summed E-state index contributed by atoms with van der Waals surface area (Å²) in [7, 11) is 0. The fourth-order valence-electron chi connectivity index (χ4n) is 4.11. The second-order valence-electron chi connectivity index (χ2n) is 11.5. The van der Waals surface area contributed by atoms with Gasteiger partial charge in [-0.2, -0.15) is 0 Å². The van der Waals surface area contributed by atoms with Gasteiger partial charge in [-0.25, -0.2) is 9.59 Å². The van der Waals surface area contributed by atoms with Gasteiger partial charge in [0.2, 0.25) is 0 Å². The van der Waals surface area contributed by atoms with Crippen LogP contribution in [0.25, 0.3) is 21.9 Å². The molecule has 0 unspecified atom stereocenters. The van der Waals surface area contributed by atoms with Crippen LogP contribution in [-0.4, -0.2) is 5.78 Å². The number of benzene rings is 2. The standard InChI is InChI=1S/C17H20O3.C14H16O2.CH4/c1-10(18)8-14-11(2)13-7-6-12(17(3,4)5)9-15(13)20-16(14)19;1-9-7-13(15)16-12-8-10(14(2,3)4)5-6-11(9)12;/h6-7,9H,8H2,1-5H3;5-8H,1-4H3;1H4. The van der Waals surface area contributed by atoms with Crippen LogP contribution in [0.3, 0.4) is 0 Å². The van der Waals surface area contributed by atoms with E-state index in [1.54, 1.807) is 0 Å². The van der Waals surface area contributed by atoms with E-state index in [4.69, 9.17) is 8.83 Å². The minimum Gasteiger partial charge on any atom is -0.423 e. The first-order valence-electron chi connectivity index (χ1n) is 12.2. The van der Waals surface area contributed by atoms with Crippen molar-refractivity contribution in [3.63, 3.8) is 0 Å². The largest absolute Gasteiger partial charge is 0.423 e. The summed E-state index contributed by atoms with van der Waals surface area (Å²) < 4.78 is 10.6. The highest BCUT2D eigenvalue weighted by molar-refractivity contribution is 5.85. The SMILES string of the molecule is C.CC(=O)Cc1c(C)c2ccc(C(C)(C)C)cc2oc1=O.Cc1cc(=O)oc2cc(C(C)(C)C)ccc12. The summed E-state index contributed by atoms with van der Waals surface area (Å²) in [6.07, 6.45) is 0.130. The second-order valence-corrected chi connectivity index (χ2v) is 11.5. The van der Waals surface area contributed by atoms with Crippen LogP contribution < -0.4 is 11.3 Å². The van der Waals surface area contributed by atoms with Crippen LogP contribution in [0.5, 0.6) is 0 Å². The summed E-state index contributed by atoms with van der Waals surface area (Å²) in [6.45, 7) is 18.0. The quantitative estimate of drug-likeness (QED) is 0.263. The van der Waals surface area contributed by atoms with E-state index in [1.807, 2.05) is 44.2 Å². The van der Waals surface area contributed by atoms with Crippen LogP contribution in [0.2, 0.25) is 0 Å². The van der Waals surface area contributed by atoms with E-state index < -0.39 is 5.63 Å². The van der Waals surface area contributed by atoms with E-state index in [0.29, 0.717) is 16.7 Å². The molecule has 0 aliphatic carbocycles. The predicted molar refractivity (Wildman–Crippen MR) is 153 cm³/mol. The number of hydrogen-bond donors (Lipinski definition) is 0. The molecule has 0 bridgehead atoms. The highest BCUT2D eigenvalue weighted by atomic mass is 16.4. The summed E-state index contributed by atoms with van der Waals surface area (Å²) >= 11 is 0. The molecule has 0 spiro atoms. The molecule has 2 aromatic heterocycles. The maximum atomic E-state index is 12.0. The molecule has 37 heavy (non-hydrogen) atoms. The van der Waals surface area contributed by atoms with Gasteiger partial charge in [-0.3, -0.25) is 4.79 Å². The molecule has 0 aliphatic heterocycles. The lowest BCUT2D eigenvalue weighted by Gasteiger charge is -2.19. The average Bonchev–Trinajstić information content (AvgIpc) is 2.75. The van der Waals surface area contributed by atoms with Crippen LogP contribution in [0, 0.1) is 13.8 Å². The van der Waals surface area contributed by atoms with Crippen LogP contribution in [0.4, 0.5) is 0 Å². The van der Waals surface area contributed by atoms with E-state index in [9.17, 15) is 14.4 Å². The van der Waals surface area contributed by atoms with Crippen molar-refractivity contribution < 1.29 is 13.6 Å². The van der Waals surface area contributed by atoms with Crippen molar-refractivity contribution in [2.45, 2.75) is 87.0 Å². The number of fused-ring (bicyclic) bond motifs is 2. The number of carbonyl (C=O) groups excluding carboxylic acids is 1. The number of aryl methyl sites for hydroxylation is 2. The van der Waals surface area contributed by atoms with Gasteiger partial charge < -0.3 is 8.83 Å². The maximum absolute atomic E-state index is 12.0. The third kappa shape index (κ3) is 6.85. The number of ketones is 1. The summed E-state index contributed by atoms with van der Waals surface area (Å²) in [5.41, 5.74) is 5.21. The lowest BCUT2D eigenvalue weighted by molar-refractivity contribution is -0.116. The van der Waals surface area contributed by atoms with Gasteiger partial charge in [-0.15, -0.1) is 0 Å². The lowest BCUT2D eigenvalue weighted by atomic mass is 9.86. The van der Waals surface area contributed by atoms with Crippen LogP contribution >= 0.6 is 0 Å². The molecular formula is C32H40O5. The Morgan fingerprint density at radius 1 is 0.757 bits per heavy atom. The Morgan fingerprint density at radius 2 is 1.24 bits per heavy atom. The summed E-state index contributed by atoms with van der Waals surface area (Å²) in [5, 5.41) is 1.90. The third-order valence-corrected chi connectivity index (χ3v) is 6.40. The van der Waals surface area contributed by atoms with Gasteiger partial charge in [0.1, 0.15) is 16.9 Å². The Hall–Kier alpha value is -3.47. The first-order chi connectivity index (χ1) is 16.6. The van der Waals surface area contributed by atoms with Gasteiger partial charge >= 0.3 is 11.3 Å². The Kier molecular flexibility index (Phi) is 8.75. The van der Waals surface area contributed by atoms with E-state index in [0.717, 1.165) is 27.5 Å². The molecule has 4 aromatic rings. The molecule has 0 N–H and O–H groups in total. The van der Waals surface area contributed by atoms with Crippen molar-refractivity contribution >= 4 is 27.7 Å².